The van der Waals surface area contributed by atoms with Crippen molar-refractivity contribution in [3.8, 4) is 0 Å². The maximum atomic E-state index is 12.9. The van der Waals surface area contributed by atoms with Crippen LogP contribution in [0.3, 0.4) is 0 Å². The van der Waals surface area contributed by atoms with Gasteiger partial charge in [-0.15, -0.1) is 0 Å². The number of benzene rings is 1. The van der Waals surface area contributed by atoms with Crippen molar-refractivity contribution in [3.05, 3.63) is 29.8 Å². The van der Waals surface area contributed by atoms with Gasteiger partial charge < -0.3 is 5.11 Å². The highest BCUT2D eigenvalue weighted by molar-refractivity contribution is 7.89. The summed E-state index contributed by atoms with van der Waals surface area (Å²) in [6, 6.07) is 4.11. The molecule has 0 amide bonds. The highest BCUT2D eigenvalue weighted by Gasteiger charge is 2.56. The molecule has 0 radical (unpaired) electrons. The van der Waals surface area contributed by atoms with Crippen LogP contribution in [0, 0.1) is 5.92 Å². The molecule has 1 saturated heterocycles. The molecule has 0 spiro atoms. The van der Waals surface area contributed by atoms with Crippen LogP contribution >= 0.6 is 0 Å². The van der Waals surface area contributed by atoms with E-state index in [1.807, 2.05) is 0 Å². The van der Waals surface area contributed by atoms with E-state index in [2.05, 4.69) is 0 Å². The molecular weight excluding hydrogens is 307 g/mol. The Balaban J connectivity index is 1.90. The van der Waals surface area contributed by atoms with Crippen molar-refractivity contribution >= 4 is 10.0 Å². The van der Waals surface area contributed by atoms with Crippen LogP contribution in [0.2, 0.25) is 0 Å². The molecule has 1 saturated carbocycles. The predicted molar refractivity (Wildman–Crippen MR) is 67.9 cm³/mol. The molecule has 2 aliphatic rings. The maximum absolute atomic E-state index is 12.9. The molecule has 4 nitrogen and oxygen atoms in total. The summed E-state index contributed by atoms with van der Waals surface area (Å²) < 4.78 is 64.3. The number of hydrogen-bond donors (Lipinski definition) is 1. The molecule has 0 aromatic heterocycles. The first-order valence-electron chi connectivity index (χ1n) is 6.53. The second kappa shape index (κ2) is 4.44. The zero-order valence-electron chi connectivity index (χ0n) is 11.0. The van der Waals surface area contributed by atoms with Crippen LogP contribution in [0.1, 0.15) is 18.4 Å². The number of aliphatic hydroxyl groups is 1. The fourth-order valence-electron chi connectivity index (χ4n) is 2.68. The van der Waals surface area contributed by atoms with E-state index in [4.69, 9.17) is 0 Å². The lowest BCUT2D eigenvalue weighted by atomic mass is 9.91. The average molecular weight is 321 g/mol. The number of rotatable bonds is 3. The minimum absolute atomic E-state index is 0.0711. The summed E-state index contributed by atoms with van der Waals surface area (Å²) in [5.41, 5.74) is -2.24. The van der Waals surface area contributed by atoms with E-state index in [1.165, 1.54) is 6.07 Å². The molecule has 1 aliphatic carbocycles. The second-order valence-corrected chi connectivity index (χ2v) is 7.55. The second-order valence-electron chi connectivity index (χ2n) is 5.64. The number of halogens is 3. The third-order valence-corrected chi connectivity index (χ3v) is 5.90. The molecule has 0 bridgehead atoms. The lowest BCUT2D eigenvalue weighted by Crippen LogP contribution is -2.64. The monoisotopic (exact) mass is 321 g/mol. The van der Waals surface area contributed by atoms with Gasteiger partial charge in [0.2, 0.25) is 10.0 Å². The number of hydrogen-bond acceptors (Lipinski definition) is 3. The number of sulfonamides is 1. The molecule has 1 aromatic carbocycles. The Labute approximate surface area is 120 Å². The Morgan fingerprint density at radius 2 is 1.76 bits per heavy atom. The normalized spacial score (nSPS) is 22.9. The summed E-state index contributed by atoms with van der Waals surface area (Å²) in [6.45, 7) is -0.265. The van der Waals surface area contributed by atoms with Crippen molar-refractivity contribution < 1.29 is 26.7 Å². The average Bonchev–Trinajstić information content (AvgIpc) is 3.18. The smallest absolute Gasteiger partial charge is 0.387 e. The molecule has 0 unspecified atom stereocenters. The van der Waals surface area contributed by atoms with Crippen LogP contribution in [0.5, 0.6) is 0 Å². The third-order valence-electron chi connectivity index (χ3n) is 4.05. The van der Waals surface area contributed by atoms with E-state index in [0.717, 1.165) is 35.3 Å². The van der Waals surface area contributed by atoms with Gasteiger partial charge in [-0.1, -0.05) is 12.1 Å². The van der Waals surface area contributed by atoms with Gasteiger partial charge in [0.15, 0.2) is 0 Å². The van der Waals surface area contributed by atoms with E-state index < -0.39 is 32.3 Å². The highest BCUT2D eigenvalue weighted by Crippen LogP contribution is 2.46. The molecule has 116 valence electrons. The lowest BCUT2D eigenvalue weighted by molar-refractivity contribution is -0.140. The number of alkyl halides is 3. The molecule has 21 heavy (non-hydrogen) atoms. The van der Waals surface area contributed by atoms with E-state index in [-0.39, 0.29) is 19.0 Å². The zero-order chi connectivity index (χ0) is 15.5. The standard InChI is InChI=1S/C13H14F3NO3S/c14-13(15,16)10-3-1-2-4-11(10)21(19,20)17-7-12(18,8-17)9-5-6-9/h1-4,9,18H,5-8H2. The van der Waals surface area contributed by atoms with Crippen LogP contribution in [-0.4, -0.2) is 36.5 Å². The summed E-state index contributed by atoms with van der Waals surface area (Å²) in [5.74, 6) is 0.0711. The lowest BCUT2D eigenvalue weighted by Gasteiger charge is -2.45. The summed E-state index contributed by atoms with van der Waals surface area (Å²) in [6.07, 6.45) is -3.06. The molecule has 1 N–H and O–H groups in total. The van der Waals surface area contributed by atoms with Gasteiger partial charge in [-0.2, -0.15) is 17.5 Å². The van der Waals surface area contributed by atoms with Crippen molar-refractivity contribution in [3.63, 3.8) is 0 Å². The summed E-state index contributed by atoms with van der Waals surface area (Å²) in [5, 5.41) is 10.1. The molecule has 2 fully saturated rings. The quantitative estimate of drug-likeness (QED) is 0.924. The minimum Gasteiger partial charge on any atom is -0.387 e. The van der Waals surface area contributed by atoms with Crippen LogP contribution < -0.4 is 0 Å². The van der Waals surface area contributed by atoms with E-state index >= 15 is 0 Å². The highest BCUT2D eigenvalue weighted by atomic mass is 32.2. The van der Waals surface area contributed by atoms with Crippen molar-refractivity contribution in [1.82, 2.24) is 4.31 Å². The molecular formula is C13H14F3NO3S. The molecule has 1 aromatic rings. The van der Waals surface area contributed by atoms with Crippen molar-refractivity contribution in [2.24, 2.45) is 5.92 Å². The number of nitrogens with zero attached hydrogens (tertiary/aromatic N) is 1. The summed E-state index contributed by atoms with van der Waals surface area (Å²) in [4.78, 5) is -0.754. The van der Waals surface area contributed by atoms with Gasteiger partial charge in [0.25, 0.3) is 0 Å². The summed E-state index contributed by atoms with van der Waals surface area (Å²) >= 11 is 0. The first-order chi connectivity index (χ1) is 9.64. The molecule has 1 heterocycles. The van der Waals surface area contributed by atoms with Gasteiger partial charge in [-0.25, -0.2) is 8.42 Å². The SMILES string of the molecule is O=S(=O)(c1ccccc1C(F)(F)F)N1CC(O)(C2CC2)C1. The fraction of sp³-hybridized carbons (Fsp3) is 0.538. The predicted octanol–water partition coefficient (Wildman–Crippen LogP) is 1.85. The molecule has 8 heteroatoms. The number of β-amino-alcohol motifs (C(OH)–C–C–N with tert-alkyl or cyclic N) is 1. The molecule has 1 aliphatic heterocycles. The van der Waals surface area contributed by atoms with Crippen LogP contribution in [0.25, 0.3) is 0 Å². The van der Waals surface area contributed by atoms with Gasteiger partial charge in [-0.05, 0) is 30.9 Å². The Morgan fingerprint density at radius 1 is 1.19 bits per heavy atom. The van der Waals surface area contributed by atoms with Gasteiger partial charge in [0, 0.05) is 13.1 Å². The van der Waals surface area contributed by atoms with Gasteiger partial charge in [0.1, 0.15) is 0 Å². The van der Waals surface area contributed by atoms with Crippen molar-refractivity contribution in [1.29, 1.82) is 0 Å². The van der Waals surface area contributed by atoms with E-state index in [0.29, 0.717) is 0 Å². The first kappa shape index (κ1) is 14.8. The third kappa shape index (κ3) is 2.45. The summed E-state index contributed by atoms with van der Waals surface area (Å²) in [7, 11) is -4.24. The minimum atomic E-state index is -4.73. The van der Waals surface area contributed by atoms with Crippen LogP contribution in [-0.2, 0) is 16.2 Å². The molecule has 0 atom stereocenters. The van der Waals surface area contributed by atoms with Gasteiger partial charge in [-0.3, -0.25) is 0 Å². The first-order valence-corrected chi connectivity index (χ1v) is 7.97. The topological polar surface area (TPSA) is 57.6 Å². The van der Waals surface area contributed by atoms with Gasteiger partial charge >= 0.3 is 6.18 Å². The Morgan fingerprint density at radius 3 is 2.29 bits per heavy atom. The van der Waals surface area contributed by atoms with E-state index in [1.54, 1.807) is 0 Å². The Hall–Kier alpha value is -1.12. The van der Waals surface area contributed by atoms with Gasteiger partial charge in [0.05, 0.1) is 16.1 Å². The Bertz CT molecular complexity index is 661. The molecule has 3 rings (SSSR count). The van der Waals surface area contributed by atoms with Crippen LogP contribution in [0.15, 0.2) is 29.2 Å². The fourth-order valence-corrected chi connectivity index (χ4v) is 4.46. The zero-order valence-corrected chi connectivity index (χ0v) is 11.8. The largest absolute Gasteiger partial charge is 0.417 e. The van der Waals surface area contributed by atoms with Crippen LogP contribution in [0.4, 0.5) is 13.2 Å². The van der Waals surface area contributed by atoms with Crippen molar-refractivity contribution in [2.75, 3.05) is 13.1 Å². The van der Waals surface area contributed by atoms with E-state index in [9.17, 15) is 26.7 Å². The maximum Gasteiger partial charge on any atom is 0.417 e. The Kier molecular flexibility index (Phi) is 3.13. The van der Waals surface area contributed by atoms with Crippen molar-refractivity contribution in [2.45, 2.75) is 29.5 Å².